The minimum Gasteiger partial charge on any atom is -1.00 e. The monoisotopic (exact) mass is 564 g/mol. The van der Waals surface area contributed by atoms with Crippen LogP contribution in [-0.2, 0) is 35.4 Å². The second-order valence-electron chi connectivity index (χ2n) is 4.82. The molecule has 3 rings (SSSR count). The Labute approximate surface area is 165 Å². The minimum atomic E-state index is -2.43. The summed E-state index contributed by atoms with van der Waals surface area (Å²) in [4.78, 5) is 28.1. The molecule has 0 radical (unpaired) electrons. The van der Waals surface area contributed by atoms with E-state index in [1.807, 2.05) is 6.92 Å². The second kappa shape index (κ2) is 11.0. The van der Waals surface area contributed by atoms with E-state index < -0.39 is 35.7 Å². The number of hydrogen-bond acceptors (Lipinski definition) is 8. The number of hydrogen-bond donors (Lipinski definition) is 3. The van der Waals surface area contributed by atoms with E-state index in [9.17, 15) is 24.9 Å². The number of imidazole rings is 1. The van der Waals surface area contributed by atoms with Gasteiger partial charge in [0.15, 0.2) is 0 Å². The molecular weight excluding hydrogens is 548 g/mol. The third-order valence-electron chi connectivity index (χ3n) is 3.61. The predicted octanol–water partition coefficient (Wildman–Crippen LogP) is -8.72. The van der Waals surface area contributed by atoms with E-state index in [4.69, 9.17) is 4.74 Å². The molecule has 4 atom stereocenters. The van der Waals surface area contributed by atoms with E-state index in [0.717, 1.165) is 5.82 Å². The summed E-state index contributed by atoms with van der Waals surface area (Å²) in [5, 5.41) is 31.0. The molecule has 0 amide bonds. The smallest absolute Gasteiger partial charge is 1.00 e. The first-order valence-corrected chi connectivity index (χ1v) is 6.13. The van der Waals surface area contributed by atoms with Crippen LogP contribution < -0.4 is 41.2 Å². The maximum atomic E-state index is 10.7. The number of nitrogens with zero attached hydrogens (tertiary/aromatic N) is 1. The Kier molecular flexibility index (Phi) is 12.9. The molecule has 2 fully saturated rings. The van der Waals surface area contributed by atoms with E-state index in [1.54, 1.807) is 12.4 Å². The average molecular weight is 565 g/mol. The van der Waals surface area contributed by atoms with Crippen LogP contribution in [0.4, 0.5) is 0 Å². The number of carbonyl (C=O) groups excluding carboxylic acids is 2. The molecule has 0 aliphatic carbocycles. The molecule has 2 bridgehead atoms. The van der Waals surface area contributed by atoms with Gasteiger partial charge in [0.1, 0.15) is 11.4 Å². The summed E-state index contributed by atoms with van der Waals surface area (Å²) in [5.74, 6) is -3.97. The van der Waals surface area contributed by atoms with Crippen molar-refractivity contribution in [3.63, 3.8) is 0 Å². The van der Waals surface area contributed by atoms with E-state index >= 15 is 0 Å². The number of fused-ring (bicyclic) bond motifs is 2. The molecule has 0 saturated carbocycles. The first-order valence-electron chi connectivity index (χ1n) is 6.13. The number of carboxylic acids is 2. The van der Waals surface area contributed by atoms with E-state index in [2.05, 4.69) is 9.97 Å². The molecule has 140 valence electrons. The number of nitrogens with one attached hydrogen (secondary N) is 1. The van der Waals surface area contributed by atoms with Crippen LogP contribution >= 0.6 is 0 Å². The van der Waals surface area contributed by atoms with E-state index in [0.29, 0.717) is 12.8 Å². The van der Waals surface area contributed by atoms with Crippen LogP contribution in [0, 0.1) is 12.8 Å². The summed E-state index contributed by atoms with van der Waals surface area (Å²) in [6.07, 6.45) is 2.54. The molecule has 0 aromatic carbocycles. The maximum Gasteiger partial charge on any atom is 4.00 e. The number of ether oxygens (including phenoxy) is 1. The zero-order valence-electron chi connectivity index (χ0n) is 12.5. The molecule has 12 heteroatoms. The Morgan fingerprint density at radius 3 is 2.25 bits per heavy atom. The Hall–Kier alpha value is -0.702. The van der Waals surface area contributed by atoms with Gasteiger partial charge in [-0.05, 0) is 19.8 Å². The molecule has 2 saturated heterocycles. The number of halogens is 2. The zero-order chi connectivity index (χ0) is 14.9. The fourth-order valence-electron chi connectivity index (χ4n) is 2.65. The van der Waals surface area contributed by atoms with Crippen LogP contribution in [0.15, 0.2) is 12.4 Å². The van der Waals surface area contributed by atoms with Gasteiger partial charge in [0.05, 0.1) is 30.1 Å². The van der Waals surface area contributed by atoms with Crippen molar-refractivity contribution in [3.05, 3.63) is 18.2 Å². The number of aromatic amines is 1. The topological polar surface area (TPSA) is 173 Å². The Bertz CT molecular complexity index is 521. The van der Waals surface area contributed by atoms with Crippen molar-refractivity contribution in [2.75, 3.05) is 0 Å². The molecule has 3 heterocycles. The van der Waals surface area contributed by atoms with Crippen molar-refractivity contribution < 1.29 is 75.5 Å². The molecule has 2 aliphatic rings. The van der Waals surface area contributed by atoms with Crippen molar-refractivity contribution >= 4 is 11.9 Å². The van der Waals surface area contributed by atoms with Gasteiger partial charge in [-0.2, -0.15) is 0 Å². The van der Waals surface area contributed by atoms with Crippen LogP contribution in [0.2, 0.25) is 0 Å². The Morgan fingerprint density at radius 1 is 1.38 bits per heavy atom. The van der Waals surface area contributed by atoms with Crippen LogP contribution in [0.3, 0.4) is 0 Å². The normalized spacial score (nSPS) is 28.7. The van der Waals surface area contributed by atoms with Crippen molar-refractivity contribution in [1.82, 2.24) is 16.1 Å². The molecule has 1 aromatic heterocycles. The number of rotatable bonds is 2. The summed E-state index contributed by atoms with van der Waals surface area (Å²) in [7, 11) is 0. The van der Waals surface area contributed by atoms with Gasteiger partial charge in [-0.25, -0.2) is 4.98 Å². The molecule has 2 aliphatic heterocycles. The summed E-state index contributed by atoms with van der Waals surface area (Å²) < 4.78 is 5.03. The van der Waals surface area contributed by atoms with Gasteiger partial charge in [-0.3, -0.25) is 0 Å². The average Bonchev–Trinajstić information content (AvgIpc) is 3.05. The van der Waals surface area contributed by atoms with Gasteiger partial charge < -0.3 is 65.6 Å². The third kappa shape index (κ3) is 5.15. The fraction of sp³-hybridized carbons (Fsp3) is 0.583. The number of carbonyl (C=O) groups is 2. The summed E-state index contributed by atoms with van der Waals surface area (Å²) in [6.45, 7) is 1.92. The summed E-state index contributed by atoms with van der Waals surface area (Å²) >= 11 is 0. The van der Waals surface area contributed by atoms with Crippen molar-refractivity contribution in [3.8, 4) is 0 Å². The summed E-state index contributed by atoms with van der Waals surface area (Å²) in [6, 6.07) is 0. The first kappa shape index (κ1) is 28.1. The fourth-order valence-corrected chi connectivity index (χ4v) is 2.65. The molecule has 4 unspecified atom stereocenters. The van der Waals surface area contributed by atoms with Crippen LogP contribution in [0.25, 0.3) is 0 Å². The quantitative estimate of drug-likeness (QED) is 0.317. The largest absolute Gasteiger partial charge is 4.00 e. The number of H-pyrrole nitrogens is 1. The number of aliphatic carboxylic acids is 2. The zero-order valence-corrected chi connectivity index (χ0v) is 16.3. The van der Waals surface area contributed by atoms with Crippen molar-refractivity contribution in [2.24, 2.45) is 5.92 Å². The number of aromatic nitrogens is 2. The van der Waals surface area contributed by atoms with Crippen molar-refractivity contribution in [1.29, 1.82) is 0 Å². The number of aryl methyl sites for hydroxylation is 1. The molecule has 5 N–H and O–H groups in total. The van der Waals surface area contributed by atoms with Crippen LogP contribution in [-0.4, -0.2) is 44.8 Å². The van der Waals surface area contributed by atoms with Gasteiger partial charge in [-0.1, -0.05) is 0 Å². The second-order valence-corrected chi connectivity index (χ2v) is 4.82. The van der Waals surface area contributed by atoms with Gasteiger partial charge >= 0.3 is 21.1 Å². The standard InChI is InChI=1S/C8H10O6.C4H6N2.2ClH.H3N.Pt/c9-6(10)5-3-1-2-4(14-3)8(5,13)7(11)12;1-4-5-2-3-6-4;;;;/h3-5,13H,1-2H2,(H,9,10)(H,11,12);2-3H,1H3,(H,5,6);2*1H;1H3;/q;;;;;+4/p-4. The molecule has 1 aromatic rings. The predicted molar refractivity (Wildman–Crippen MR) is 64.7 cm³/mol. The van der Waals surface area contributed by atoms with Gasteiger partial charge in [0.2, 0.25) is 0 Å². The molecular formula is C12H17Cl2N3O6Pt. The number of aliphatic hydroxyl groups is 1. The van der Waals surface area contributed by atoms with E-state index in [-0.39, 0.29) is 52.0 Å². The Morgan fingerprint density at radius 2 is 1.96 bits per heavy atom. The SMILES string of the molecule is Cc1ncc[nH]1.N.O=C([O-])C1C2CCC(O2)C1(O)C(=O)[O-].[Cl-].[Cl-].[Pt+4]. The van der Waals surface area contributed by atoms with Crippen LogP contribution in [0.1, 0.15) is 18.7 Å². The number of carboxylic acid groups (broad SMARTS) is 2. The molecule has 24 heavy (non-hydrogen) atoms. The third-order valence-corrected chi connectivity index (χ3v) is 3.61. The van der Waals surface area contributed by atoms with Gasteiger partial charge in [0, 0.05) is 12.4 Å². The van der Waals surface area contributed by atoms with Gasteiger partial charge in [-0.15, -0.1) is 0 Å². The summed E-state index contributed by atoms with van der Waals surface area (Å²) in [5.41, 5.74) is -2.43. The van der Waals surface area contributed by atoms with Gasteiger partial charge in [0.25, 0.3) is 0 Å². The molecule has 0 spiro atoms. The minimum absolute atomic E-state index is 0. The maximum absolute atomic E-state index is 10.7. The Balaban J connectivity index is -0.000000385. The first-order chi connectivity index (χ1) is 9.37. The van der Waals surface area contributed by atoms with Crippen molar-refractivity contribution in [2.45, 2.75) is 37.6 Å². The van der Waals surface area contributed by atoms with E-state index in [1.165, 1.54) is 0 Å². The van der Waals surface area contributed by atoms with Crippen LogP contribution in [0.5, 0.6) is 0 Å². The molecule has 9 nitrogen and oxygen atoms in total.